The largest absolute Gasteiger partial charge is 0.379 e. The first-order valence-electron chi connectivity index (χ1n) is 6.51. The summed E-state index contributed by atoms with van der Waals surface area (Å²) in [4.78, 5) is 16.8. The van der Waals surface area contributed by atoms with E-state index in [0.29, 0.717) is 38.6 Å². The maximum Gasteiger partial charge on any atom is 0.276 e. The van der Waals surface area contributed by atoms with Crippen LogP contribution in [-0.4, -0.2) is 71.4 Å². The number of guanidine groups is 1. The Kier molecular flexibility index (Phi) is 4.20. The van der Waals surface area contributed by atoms with Gasteiger partial charge in [0.25, 0.3) is 5.96 Å². The molecule has 1 atom stereocenters. The van der Waals surface area contributed by atoms with Crippen molar-refractivity contribution in [2.45, 2.75) is 32.4 Å². The zero-order valence-electron chi connectivity index (χ0n) is 11.7. The Morgan fingerprint density at radius 3 is 2.74 bits per heavy atom. The Morgan fingerprint density at radius 1 is 1.47 bits per heavy atom. The average Bonchev–Trinajstić information content (AvgIpc) is 2.84. The molecule has 2 fully saturated rings. The van der Waals surface area contributed by atoms with E-state index in [0.717, 1.165) is 6.42 Å². The molecule has 2 aliphatic rings. The van der Waals surface area contributed by atoms with Gasteiger partial charge in [0.1, 0.15) is 5.10 Å². The van der Waals surface area contributed by atoms with Crippen LogP contribution in [0.1, 0.15) is 20.3 Å². The van der Waals surface area contributed by atoms with E-state index in [1.807, 2.05) is 16.8 Å². The zero-order chi connectivity index (χ0) is 14.0. The minimum absolute atomic E-state index is 0.169. The van der Waals surface area contributed by atoms with Crippen molar-refractivity contribution in [3.05, 3.63) is 10.1 Å². The lowest BCUT2D eigenvalue weighted by Crippen LogP contribution is -2.61. The molecule has 2 rings (SSSR count). The van der Waals surface area contributed by atoms with E-state index >= 15 is 0 Å². The monoisotopic (exact) mass is 271 g/mol. The highest BCUT2D eigenvalue weighted by molar-refractivity contribution is 5.80. The van der Waals surface area contributed by atoms with Crippen molar-refractivity contribution in [3.8, 4) is 0 Å². The molecule has 0 radical (unpaired) electrons. The van der Waals surface area contributed by atoms with Crippen LogP contribution in [0.3, 0.4) is 0 Å². The summed E-state index contributed by atoms with van der Waals surface area (Å²) in [5.74, 6) is 0.428. The molecule has 2 aliphatic heterocycles. The lowest BCUT2D eigenvalue weighted by Gasteiger charge is -2.45. The summed E-state index contributed by atoms with van der Waals surface area (Å²) in [7, 11) is 1.83. The topological polar surface area (TPSA) is 74.5 Å². The van der Waals surface area contributed by atoms with Gasteiger partial charge in [0.05, 0.1) is 26.0 Å². The van der Waals surface area contributed by atoms with Gasteiger partial charge in [-0.3, -0.25) is 4.90 Å². The van der Waals surface area contributed by atoms with Crippen LogP contribution in [0.4, 0.5) is 0 Å². The molecule has 0 spiro atoms. The summed E-state index contributed by atoms with van der Waals surface area (Å²) in [6.45, 7) is 6.85. The first-order valence-corrected chi connectivity index (χ1v) is 6.51. The minimum Gasteiger partial charge on any atom is -0.379 e. The maximum absolute atomic E-state index is 10.7. The van der Waals surface area contributed by atoms with Crippen molar-refractivity contribution < 1.29 is 9.77 Å². The standard InChI is InChI=1S/C11H21N5O3/c1-9(2)14-7-13(3)11(12-16(17)18)15(8-14)10-4-5-19-6-10/h9-10H,4-8H2,1-3H3. The molecule has 2 saturated heterocycles. The van der Waals surface area contributed by atoms with Gasteiger partial charge >= 0.3 is 0 Å². The molecular formula is C11H21N5O3. The smallest absolute Gasteiger partial charge is 0.276 e. The molecule has 0 amide bonds. The van der Waals surface area contributed by atoms with Gasteiger partial charge in [0, 0.05) is 19.7 Å². The average molecular weight is 271 g/mol. The Morgan fingerprint density at radius 2 is 2.21 bits per heavy atom. The van der Waals surface area contributed by atoms with Gasteiger partial charge in [-0.15, -0.1) is 0 Å². The lowest BCUT2D eigenvalue weighted by atomic mass is 10.2. The maximum atomic E-state index is 10.7. The molecular weight excluding hydrogens is 250 g/mol. The van der Waals surface area contributed by atoms with Gasteiger partial charge < -0.3 is 14.5 Å². The molecule has 0 aromatic heterocycles. The molecule has 0 aromatic carbocycles. The van der Waals surface area contributed by atoms with Crippen LogP contribution < -0.4 is 0 Å². The highest BCUT2D eigenvalue weighted by Gasteiger charge is 2.36. The van der Waals surface area contributed by atoms with Gasteiger partial charge in [0.2, 0.25) is 0 Å². The number of rotatable bonds is 3. The fourth-order valence-corrected chi connectivity index (χ4v) is 2.44. The highest BCUT2D eigenvalue weighted by atomic mass is 16.7. The van der Waals surface area contributed by atoms with E-state index in [1.165, 1.54) is 0 Å². The zero-order valence-corrected chi connectivity index (χ0v) is 11.7. The molecule has 19 heavy (non-hydrogen) atoms. The third kappa shape index (κ3) is 3.13. The van der Waals surface area contributed by atoms with Gasteiger partial charge in [-0.2, -0.15) is 0 Å². The van der Waals surface area contributed by atoms with Crippen molar-refractivity contribution in [2.24, 2.45) is 5.10 Å². The van der Waals surface area contributed by atoms with E-state index in [9.17, 15) is 10.1 Å². The van der Waals surface area contributed by atoms with Crippen LogP contribution in [-0.2, 0) is 4.74 Å². The number of hydrogen-bond donors (Lipinski definition) is 0. The van der Waals surface area contributed by atoms with Crippen molar-refractivity contribution in [3.63, 3.8) is 0 Å². The van der Waals surface area contributed by atoms with Gasteiger partial charge in [-0.1, -0.05) is 0 Å². The van der Waals surface area contributed by atoms with Gasteiger partial charge in [0.15, 0.2) is 5.03 Å². The normalized spacial score (nSPS) is 27.6. The second kappa shape index (κ2) is 5.70. The molecule has 0 N–H and O–H groups in total. The molecule has 2 heterocycles. The summed E-state index contributed by atoms with van der Waals surface area (Å²) in [5.41, 5.74) is 0. The fourth-order valence-electron chi connectivity index (χ4n) is 2.44. The number of nitrogens with zero attached hydrogens (tertiary/aromatic N) is 5. The summed E-state index contributed by atoms with van der Waals surface area (Å²) in [5, 5.41) is 13.6. The van der Waals surface area contributed by atoms with E-state index in [-0.39, 0.29) is 6.04 Å². The van der Waals surface area contributed by atoms with Crippen molar-refractivity contribution >= 4 is 5.96 Å². The second-order valence-electron chi connectivity index (χ2n) is 5.29. The van der Waals surface area contributed by atoms with Crippen LogP contribution >= 0.6 is 0 Å². The van der Waals surface area contributed by atoms with E-state index < -0.39 is 5.03 Å². The van der Waals surface area contributed by atoms with Gasteiger partial charge in [-0.05, 0) is 20.3 Å². The predicted octanol–water partition coefficient (Wildman–Crippen LogP) is 0.196. The third-order valence-electron chi connectivity index (χ3n) is 3.57. The first kappa shape index (κ1) is 14.0. The minimum atomic E-state index is -0.625. The Labute approximate surface area is 112 Å². The Hall–Kier alpha value is -1.41. The molecule has 0 aliphatic carbocycles. The number of ether oxygens (including phenoxy) is 1. The van der Waals surface area contributed by atoms with E-state index in [4.69, 9.17) is 4.74 Å². The van der Waals surface area contributed by atoms with Crippen molar-refractivity contribution in [1.29, 1.82) is 0 Å². The molecule has 108 valence electrons. The summed E-state index contributed by atoms with van der Waals surface area (Å²) < 4.78 is 5.39. The fraction of sp³-hybridized carbons (Fsp3) is 0.909. The quantitative estimate of drug-likeness (QED) is 0.539. The van der Waals surface area contributed by atoms with Gasteiger partial charge in [-0.25, -0.2) is 10.1 Å². The van der Waals surface area contributed by atoms with Crippen molar-refractivity contribution in [2.75, 3.05) is 33.6 Å². The molecule has 0 aromatic rings. The van der Waals surface area contributed by atoms with Crippen molar-refractivity contribution in [1.82, 2.24) is 14.7 Å². The molecule has 8 nitrogen and oxygen atoms in total. The second-order valence-corrected chi connectivity index (χ2v) is 5.29. The number of hydrogen-bond acceptors (Lipinski definition) is 4. The molecule has 8 heteroatoms. The summed E-state index contributed by atoms with van der Waals surface area (Å²) in [6, 6.07) is 0.548. The molecule has 0 bridgehead atoms. The van der Waals surface area contributed by atoms with Crippen LogP contribution in [0.15, 0.2) is 5.10 Å². The summed E-state index contributed by atoms with van der Waals surface area (Å²) >= 11 is 0. The van der Waals surface area contributed by atoms with Crippen LogP contribution in [0, 0.1) is 10.1 Å². The molecule has 1 unspecified atom stereocenters. The number of nitro groups is 1. The Bertz CT molecular complexity index is 367. The number of hydrazone groups is 1. The van der Waals surface area contributed by atoms with E-state index in [1.54, 1.807) is 0 Å². The summed E-state index contributed by atoms with van der Waals surface area (Å²) in [6.07, 6.45) is 0.885. The third-order valence-corrected chi connectivity index (χ3v) is 3.57. The Balaban J connectivity index is 2.22. The first-order chi connectivity index (χ1) is 8.99. The molecule has 0 saturated carbocycles. The van der Waals surface area contributed by atoms with Crippen LogP contribution in [0.25, 0.3) is 0 Å². The SMILES string of the molecule is CC(C)N1CN(C)C(=N[N+](=O)[O-])N(C2CCOC2)C1. The predicted molar refractivity (Wildman–Crippen MR) is 70.0 cm³/mol. The van der Waals surface area contributed by atoms with E-state index in [2.05, 4.69) is 23.8 Å². The highest BCUT2D eigenvalue weighted by Crippen LogP contribution is 2.19. The van der Waals surface area contributed by atoms with Crippen LogP contribution in [0.2, 0.25) is 0 Å². The lowest BCUT2D eigenvalue weighted by molar-refractivity contribution is -0.486. The van der Waals surface area contributed by atoms with Crippen LogP contribution in [0.5, 0.6) is 0 Å².